The smallest absolute Gasteiger partial charge is 0.222 e. The van der Waals surface area contributed by atoms with E-state index in [0.29, 0.717) is 32.0 Å². The molecular formula is C19H26FN3O2. The molecule has 1 aromatic rings. The third-order valence-electron chi connectivity index (χ3n) is 5.09. The zero-order valence-corrected chi connectivity index (χ0v) is 14.5. The van der Waals surface area contributed by atoms with E-state index >= 15 is 0 Å². The van der Waals surface area contributed by atoms with Crippen molar-refractivity contribution in [1.29, 1.82) is 0 Å². The topological polar surface area (TPSA) is 52.7 Å². The van der Waals surface area contributed by atoms with Crippen molar-refractivity contribution in [2.24, 2.45) is 0 Å². The van der Waals surface area contributed by atoms with Crippen LogP contribution < -0.4 is 5.32 Å². The highest BCUT2D eigenvalue weighted by Crippen LogP contribution is 2.21. The molecule has 2 fully saturated rings. The second-order valence-electron chi connectivity index (χ2n) is 6.94. The van der Waals surface area contributed by atoms with Crippen LogP contribution in [0.15, 0.2) is 24.3 Å². The predicted octanol–water partition coefficient (Wildman–Crippen LogP) is 1.92. The average molecular weight is 347 g/mol. The van der Waals surface area contributed by atoms with Crippen LogP contribution in [0.5, 0.6) is 0 Å². The highest BCUT2D eigenvalue weighted by atomic mass is 19.1. The van der Waals surface area contributed by atoms with Gasteiger partial charge in [-0.3, -0.25) is 9.59 Å². The third-order valence-corrected chi connectivity index (χ3v) is 5.09. The Morgan fingerprint density at radius 1 is 1.20 bits per heavy atom. The fourth-order valence-corrected chi connectivity index (χ4v) is 3.69. The molecule has 2 aliphatic heterocycles. The summed E-state index contributed by atoms with van der Waals surface area (Å²) < 4.78 is 12.9. The van der Waals surface area contributed by atoms with E-state index < -0.39 is 0 Å². The van der Waals surface area contributed by atoms with Gasteiger partial charge in [0, 0.05) is 45.1 Å². The van der Waals surface area contributed by atoms with E-state index in [9.17, 15) is 14.0 Å². The van der Waals surface area contributed by atoms with Crippen molar-refractivity contribution < 1.29 is 14.0 Å². The van der Waals surface area contributed by atoms with Gasteiger partial charge in [0.1, 0.15) is 5.82 Å². The zero-order valence-electron chi connectivity index (χ0n) is 14.5. The molecule has 3 rings (SSSR count). The maximum atomic E-state index is 12.9. The Labute approximate surface area is 148 Å². The number of nitrogens with one attached hydrogen (secondary N) is 1. The van der Waals surface area contributed by atoms with Gasteiger partial charge in [-0.2, -0.15) is 0 Å². The minimum absolute atomic E-state index is 0.00342. The summed E-state index contributed by atoms with van der Waals surface area (Å²) in [4.78, 5) is 28.3. The van der Waals surface area contributed by atoms with Crippen molar-refractivity contribution in [2.45, 2.75) is 44.7 Å². The van der Waals surface area contributed by atoms with E-state index in [2.05, 4.69) is 10.2 Å². The van der Waals surface area contributed by atoms with Crippen molar-refractivity contribution >= 4 is 11.8 Å². The summed E-state index contributed by atoms with van der Waals surface area (Å²) in [5.74, 6) is 0.0128. The maximum Gasteiger partial charge on any atom is 0.222 e. The Hall–Kier alpha value is -1.95. The van der Waals surface area contributed by atoms with Crippen LogP contribution in [0.4, 0.5) is 4.39 Å². The minimum Gasteiger partial charge on any atom is -0.352 e. The number of nitrogens with zero attached hydrogens (tertiary/aromatic N) is 2. The number of benzene rings is 1. The molecule has 0 spiro atoms. The number of piperidine rings is 1. The Morgan fingerprint density at radius 2 is 2.00 bits per heavy atom. The lowest BCUT2D eigenvalue weighted by molar-refractivity contribution is -0.131. The molecule has 5 nitrogen and oxygen atoms in total. The van der Waals surface area contributed by atoms with Gasteiger partial charge in [0.05, 0.1) is 0 Å². The van der Waals surface area contributed by atoms with E-state index in [0.717, 1.165) is 44.5 Å². The summed E-state index contributed by atoms with van der Waals surface area (Å²) >= 11 is 0. The van der Waals surface area contributed by atoms with Gasteiger partial charge in [-0.1, -0.05) is 12.1 Å². The Morgan fingerprint density at radius 3 is 2.72 bits per heavy atom. The van der Waals surface area contributed by atoms with E-state index in [1.165, 1.54) is 12.1 Å². The summed E-state index contributed by atoms with van der Waals surface area (Å²) in [7, 11) is 0. The lowest BCUT2D eigenvalue weighted by Gasteiger charge is -2.37. The van der Waals surface area contributed by atoms with E-state index in [1.54, 1.807) is 12.1 Å². The summed E-state index contributed by atoms with van der Waals surface area (Å²) in [6.07, 6.45) is 4.25. The molecule has 1 N–H and O–H groups in total. The highest BCUT2D eigenvalue weighted by molar-refractivity contribution is 5.78. The number of amides is 2. The van der Waals surface area contributed by atoms with Crippen molar-refractivity contribution in [3.63, 3.8) is 0 Å². The van der Waals surface area contributed by atoms with E-state index in [-0.39, 0.29) is 17.6 Å². The molecule has 2 amide bonds. The fourth-order valence-electron chi connectivity index (χ4n) is 3.69. The Bertz CT molecular complexity index is 605. The standard InChI is InChI=1S/C19H26FN3O2/c20-16-7-5-15(6-8-16)13-21-18(24)9-12-22-10-1-3-17(14-22)23-11-2-4-19(23)25/h5-8,17H,1-4,9-14H2,(H,21,24). The maximum absolute atomic E-state index is 12.9. The quantitative estimate of drug-likeness (QED) is 0.855. The minimum atomic E-state index is -0.272. The molecule has 0 radical (unpaired) electrons. The lowest BCUT2D eigenvalue weighted by atomic mass is 10.0. The predicted molar refractivity (Wildman–Crippen MR) is 93.3 cm³/mol. The Balaban J connectivity index is 1.39. The molecule has 25 heavy (non-hydrogen) atoms. The summed E-state index contributed by atoms with van der Waals surface area (Å²) in [6.45, 7) is 3.88. The first kappa shape index (κ1) is 17.9. The van der Waals surface area contributed by atoms with Gasteiger partial charge in [0.2, 0.25) is 11.8 Å². The average Bonchev–Trinajstić information content (AvgIpc) is 3.06. The molecule has 136 valence electrons. The molecule has 0 aromatic heterocycles. The van der Waals surface area contributed by atoms with E-state index in [4.69, 9.17) is 0 Å². The molecule has 2 heterocycles. The van der Waals surface area contributed by atoms with E-state index in [1.807, 2.05) is 4.90 Å². The van der Waals surface area contributed by atoms with Crippen LogP contribution in [0, 0.1) is 5.82 Å². The van der Waals surface area contributed by atoms with Crippen LogP contribution in [-0.2, 0) is 16.1 Å². The van der Waals surface area contributed by atoms with Crippen LogP contribution in [0.2, 0.25) is 0 Å². The van der Waals surface area contributed by atoms with Gasteiger partial charge in [-0.25, -0.2) is 4.39 Å². The number of likely N-dealkylation sites (tertiary alicyclic amines) is 2. The second kappa shape index (κ2) is 8.43. The molecule has 0 bridgehead atoms. The fraction of sp³-hybridized carbons (Fsp3) is 0.579. The molecular weight excluding hydrogens is 321 g/mol. The summed E-state index contributed by atoms with van der Waals surface area (Å²) in [6, 6.07) is 6.46. The first-order valence-electron chi connectivity index (χ1n) is 9.15. The number of hydrogen-bond acceptors (Lipinski definition) is 3. The molecule has 0 aliphatic carbocycles. The van der Waals surface area contributed by atoms with Gasteiger partial charge in [-0.15, -0.1) is 0 Å². The Kier molecular flexibility index (Phi) is 6.02. The number of halogens is 1. The van der Waals surface area contributed by atoms with Gasteiger partial charge in [-0.05, 0) is 43.5 Å². The number of carbonyl (C=O) groups excluding carboxylic acids is 2. The van der Waals surface area contributed by atoms with Crippen LogP contribution in [0.25, 0.3) is 0 Å². The SMILES string of the molecule is O=C(CCN1CCCC(N2CCCC2=O)C1)NCc1ccc(F)cc1. The summed E-state index contributed by atoms with van der Waals surface area (Å²) in [5.41, 5.74) is 0.889. The number of carbonyl (C=O) groups is 2. The zero-order chi connectivity index (χ0) is 17.6. The van der Waals surface area contributed by atoms with Crippen LogP contribution in [-0.4, -0.2) is 53.8 Å². The first-order chi connectivity index (χ1) is 12.1. The highest BCUT2D eigenvalue weighted by Gasteiger charge is 2.31. The van der Waals surface area contributed by atoms with Crippen molar-refractivity contribution in [1.82, 2.24) is 15.1 Å². The van der Waals surface area contributed by atoms with Gasteiger partial charge in [0.25, 0.3) is 0 Å². The molecule has 2 aliphatic rings. The molecule has 1 unspecified atom stereocenters. The number of hydrogen-bond donors (Lipinski definition) is 1. The second-order valence-corrected chi connectivity index (χ2v) is 6.94. The van der Waals surface area contributed by atoms with Crippen molar-refractivity contribution in [2.75, 3.05) is 26.2 Å². The summed E-state index contributed by atoms with van der Waals surface area (Å²) in [5, 5.41) is 2.88. The third kappa shape index (κ3) is 5.01. The van der Waals surface area contributed by atoms with Crippen molar-refractivity contribution in [3.05, 3.63) is 35.6 Å². The molecule has 0 saturated carbocycles. The monoisotopic (exact) mass is 347 g/mol. The molecule has 2 saturated heterocycles. The van der Waals surface area contributed by atoms with Gasteiger partial charge >= 0.3 is 0 Å². The normalized spacial score (nSPS) is 21.6. The molecule has 1 aromatic carbocycles. The van der Waals surface area contributed by atoms with Crippen LogP contribution in [0.3, 0.4) is 0 Å². The largest absolute Gasteiger partial charge is 0.352 e. The van der Waals surface area contributed by atoms with Crippen LogP contribution >= 0.6 is 0 Å². The molecule has 1 atom stereocenters. The number of rotatable bonds is 6. The van der Waals surface area contributed by atoms with Gasteiger partial charge in [0.15, 0.2) is 0 Å². The van der Waals surface area contributed by atoms with Crippen molar-refractivity contribution in [3.8, 4) is 0 Å². The van der Waals surface area contributed by atoms with Crippen LogP contribution in [0.1, 0.15) is 37.7 Å². The first-order valence-corrected chi connectivity index (χ1v) is 9.15. The lowest BCUT2D eigenvalue weighted by Crippen LogP contribution is -2.49. The molecule has 6 heteroatoms. The van der Waals surface area contributed by atoms with Gasteiger partial charge < -0.3 is 15.1 Å².